The highest BCUT2D eigenvalue weighted by Crippen LogP contribution is 2.22. The largest absolute Gasteiger partial charge is 0.598 e. The fraction of sp³-hybridized carbons (Fsp3) is 0.412. The van der Waals surface area contributed by atoms with Crippen molar-refractivity contribution in [1.82, 2.24) is 14.3 Å². The first-order valence-electron chi connectivity index (χ1n) is 7.70. The average Bonchev–Trinajstić information content (AvgIpc) is 2.91. The summed E-state index contributed by atoms with van der Waals surface area (Å²) in [6.45, 7) is 3.99. The molecule has 1 heterocycles. The summed E-state index contributed by atoms with van der Waals surface area (Å²) in [6.07, 6.45) is 3.95. The summed E-state index contributed by atoms with van der Waals surface area (Å²) in [4.78, 5) is 4.08. The number of rotatable bonds is 7. The Labute approximate surface area is 144 Å². The van der Waals surface area contributed by atoms with Gasteiger partial charge in [0.1, 0.15) is 17.6 Å². The summed E-state index contributed by atoms with van der Waals surface area (Å²) >= 11 is -1.23. The van der Waals surface area contributed by atoms with Crippen molar-refractivity contribution >= 4 is 11.4 Å². The maximum absolute atomic E-state index is 14.0. The maximum atomic E-state index is 14.0. The number of aromatic nitrogens is 2. The van der Waals surface area contributed by atoms with E-state index in [1.807, 2.05) is 31.5 Å². The van der Waals surface area contributed by atoms with Crippen LogP contribution in [0.2, 0.25) is 0 Å². The predicted octanol–water partition coefficient (Wildman–Crippen LogP) is 2.62. The monoisotopic (exact) mass is 348 g/mol. The second kappa shape index (κ2) is 8.29. The van der Waals surface area contributed by atoms with Crippen molar-refractivity contribution in [3.05, 3.63) is 53.4 Å². The summed E-state index contributed by atoms with van der Waals surface area (Å²) in [5.74, 6) is 0.232. The van der Waals surface area contributed by atoms with E-state index in [0.717, 1.165) is 5.69 Å². The molecule has 2 atom stereocenters. The molecule has 0 amide bonds. The van der Waals surface area contributed by atoms with Crippen molar-refractivity contribution in [3.8, 4) is 6.07 Å². The van der Waals surface area contributed by atoms with E-state index in [2.05, 4.69) is 9.71 Å². The number of imidazole rings is 1. The molecule has 1 aromatic heterocycles. The van der Waals surface area contributed by atoms with Gasteiger partial charge in [-0.3, -0.25) is 0 Å². The van der Waals surface area contributed by atoms with Crippen LogP contribution in [0.5, 0.6) is 0 Å². The van der Waals surface area contributed by atoms with Crippen LogP contribution in [-0.2, 0) is 24.8 Å². The van der Waals surface area contributed by atoms with Gasteiger partial charge < -0.3 is 9.12 Å². The summed E-state index contributed by atoms with van der Waals surface area (Å²) in [5.41, 5.74) is 1.60. The molecule has 128 valence electrons. The molecule has 1 N–H and O–H groups in total. The van der Waals surface area contributed by atoms with E-state index in [1.54, 1.807) is 18.6 Å². The third kappa shape index (κ3) is 4.81. The van der Waals surface area contributed by atoms with Crippen LogP contribution in [0.3, 0.4) is 0 Å². The van der Waals surface area contributed by atoms with Crippen molar-refractivity contribution in [1.29, 1.82) is 5.26 Å². The Hall–Kier alpha value is -1.88. The Balaban J connectivity index is 2.26. The molecule has 0 radical (unpaired) electrons. The molecule has 24 heavy (non-hydrogen) atoms. The van der Waals surface area contributed by atoms with E-state index in [4.69, 9.17) is 5.26 Å². The van der Waals surface area contributed by atoms with Gasteiger partial charge in [-0.15, -0.1) is 4.72 Å². The van der Waals surface area contributed by atoms with E-state index >= 15 is 0 Å². The van der Waals surface area contributed by atoms with Crippen molar-refractivity contribution in [2.24, 2.45) is 13.0 Å². The summed E-state index contributed by atoms with van der Waals surface area (Å²) < 4.78 is 31.2. The molecule has 2 rings (SSSR count). The normalized spacial score (nSPS) is 13.7. The molecular weight excluding hydrogens is 327 g/mol. The van der Waals surface area contributed by atoms with Crippen LogP contribution >= 0.6 is 0 Å². The van der Waals surface area contributed by atoms with E-state index in [9.17, 15) is 8.94 Å². The van der Waals surface area contributed by atoms with Crippen LogP contribution in [0.1, 0.15) is 36.7 Å². The van der Waals surface area contributed by atoms with Gasteiger partial charge in [-0.1, -0.05) is 19.9 Å². The first-order chi connectivity index (χ1) is 11.4. The summed E-state index contributed by atoms with van der Waals surface area (Å²) in [6, 6.07) is 5.96. The number of nitrogens with zero attached hydrogens (tertiary/aromatic N) is 3. The molecule has 0 aliphatic carbocycles. The van der Waals surface area contributed by atoms with Crippen LogP contribution in [0.15, 0.2) is 30.7 Å². The maximum Gasteiger partial charge on any atom is 0.141 e. The average molecular weight is 348 g/mol. The minimum Gasteiger partial charge on any atom is -0.598 e. The molecule has 0 fully saturated rings. The van der Waals surface area contributed by atoms with Gasteiger partial charge in [0.15, 0.2) is 0 Å². The summed E-state index contributed by atoms with van der Waals surface area (Å²) in [5, 5.41) is 8.87. The molecule has 0 saturated heterocycles. The van der Waals surface area contributed by atoms with Gasteiger partial charge >= 0.3 is 0 Å². The Kier molecular flexibility index (Phi) is 6.37. The highest BCUT2D eigenvalue weighted by Gasteiger charge is 2.22. The summed E-state index contributed by atoms with van der Waals surface area (Å²) in [7, 11) is 1.88. The van der Waals surface area contributed by atoms with Gasteiger partial charge in [0.25, 0.3) is 0 Å². The molecule has 1 aromatic carbocycles. The zero-order valence-corrected chi connectivity index (χ0v) is 14.8. The van der Waals surface area contributed by atoms with Crippen molar-refractivity contribution in [3.63, 3.8) is 0 Å². The van der Waals surface area contributed by atoms with Gasteiger partial charge in [0, 0.05) is 36.7 Å². The Morgan fingerprint density at radius 1 is 1.46 bits per heavy atom. The standard InChI is InChI=1S/C17H21FN4OS/c1-12(2)10-24(23)21-17(7-15-9-20-11-22(15)3)13-4-5-14(8-19)16(18)6-13/h4-6,9,11-12,17,21H,7,10H2,1-3H3. The van der Waals surface area contributed by atoms with Crippen LogP contribution < -0.4 is 4.72 Å². The van der Waals surface area contributed by atoms with Crippen LogP contribution in [0.4, 0.5) is 4.39 Å². The topological polar surface area (TPSA) is 76.7 Å². The molecule has 2 unspecified atom stereocenters. The Bertz CT molecular complexity index is 726. The molecule has 0 spiro atoms. The fourth-order valence-electron chi connectivity index (χ4n) is 2.37. The van der Waals surface area contributed by atoms with E-state index in [-0.39, 0.29) is 17.5 Å². The van der Waals surface area contributed by atoms with Gasteiger partial charge in [-0.05, 0) is 23.6 Å². The lowest BCUT2D eigenvalue weighted by atomic mass is 10.0. The lowest BCUT2D eigenvalue weighted by molar-refractivity contribution is 0.536. The van der Waals surface area contributed by atoms with Gasteiger partial charge in [-0.25, -0.2) is 9.37 Å². The van der Waals surface area contributed by atoms with Crippen molar-refractivity contribution in [2.75, 3.05) is 5.75 Å². The minimum absolute atomic E-state index is 0.00124. The highest BCUT2D eigenvalue weighted by molar-refractivity contribution is 7.89. The number of hydrogen-bond acceptors (Lipinski definition) is 4. The van der Waals surface area contributed by atoms with Gasteiger partial charge in [0.2, 0.25) is 0 Å². The zero-order valence-electron chi connectivity index (χ0n) is 14.0. The van der Waals surface area contributed by atoms with Crippen LogP contribution in [-0.4, -0.2) is 19.9 Å². The third-order valence-corrected chi connectivity index (χ3v) is 5.12. The number of halogens is 1. The van der Waals surface area contributed by atoms with Crippen molar-refractivity contribution in [2.45, 2.75) is 26.3 Å². The molecule has 2 aromatic rings. The zero-order chi connectivity index (χ0) is 17.7. The number of aryl methyl sites for hydroxylation is 1. The van der Waals surface area contributed by atoms with E-state index in [1.165, 1.54) is 12.1 Å². The Morgan fingerprint density at radius 3 is 2.75 bits per heavy atom. The van der Waals surface area contributed by atoms with E-state index in [0.29, 0.717) is 17.7 Å². The van der Waals surface area contributed by atoms with E-state index < -0.39 is 17.2 Å². The van der Waals surface area contributed by atoms with Crippen LogP contribution in [0, 0.1) is 23.1 Å². The lowest BCUT2D eigenvalue weighted by Crippen LogP contribution is -2.33. The smallest absolute Gasteiger partial charge is 0.141 e. The molecule has 0 aliphatic rings. The first-order valence-corrected chi connectivity index (χ1v) is 9.02. The number of nitrogens with one attached hydrogen (secondary N) is 1. The molecule has 5 nitrogen and oxygen atoms in total. The molecule has 0 aliphatic heterocycles. The first kappa shape index (κ1) is 18.5. The lowest BCUT2D eigenvalue weighted by Gasteiger charge is -2.22. The molecular formula is C17H21FN4OS. The SMILES string of the molecule is CC(C)C[S+]([O-])NC(Cc1cncn1C)c1ccc(C#N)c(F)c1. The Morgan fingerprint density at radius 2 is 2.21 bits per heavy atom. The quantitative estimate of drug-likeness (QED) is 0.780. The van der Waals surface area contributed by atoms with Gasteiger partial charge in [-0.2, -0.15) is 5.26 Å². The number of benzene rings is 1. The van der Waals surface area contributed by atoms with Crippen LogP contribution in [0.25, 0.3) is 0 Å². The van der Waals surface area contributed by atoms with Crippen molar-refractivity contribution < 1.29 is 8.94 Å². The third-order valence-electron chi connectivity index (χ3n) is 3.60. The number of hydrogen-bond donors (Lipinski definition) is 1. The second-order valence-electron chi connectivity index (χ2n) is 6.13. The molecule has 0 bridgehead atoms. The molecule has 0 saturated carbocycles. The second-order valence-corrected chi connectivity index (χ2v) is 7.39. The number of nitriles is 1. The molecule has 7 heteroatoms. The minimum atomic E-state index is -1.23. The predicted molar refractivity (Wildman–Crippen MR) is 91.8 cm³/mol. The highest BCUT2D eigenvalue weighted by atomic mass is 32.2. The fourth-order valence-corrected chi connectivity index (χ4v) is 3.60. The van der Waals surface area contributed by atoms with Gasteiger partial charge in [0.05, 0.1) is 17.9 Å².